The van der Waals surface area contributed by atoms with Crippen LogP contribution in [0.5, 0.6) is 0 Å². The number of aryl methyl sites for hydroxylation is 2. The van der Waals surface area contributed by atoms with E-state index in [9.17, 15) is 0 Å². The highest BCUT2D eigenvalue weighted by atomic mass is 32.1. The van der Waals surface area contributed by atoms with Crippen LogP contribution in [0.3, 0.4) is 0 Å². The summed E-state index contributed by atoms with van der Waals surface area (Å²) in [5, 5.41) is 4.54. The number of nitrogens with zero attached hydrogens (tertiary/aromatic N) is 3. The number of thiazole rings is 1. The number of guanidine groups is 1. The van der Waals surface area contributed by atoms with Gasteiger partial charge in [-0.3, -0.25) is 4.99 Å². The molecule has 0 aliphatic carbocycles. The molecule has 0 bridgehead atoms. The van der Waals surface area contributed by atoms with Crippen molar-refractivity contribution in [1.82, 2.24) is 20.2 Å². The fourth-order valence-corrected chi connectivity index (χ4v) is 3.21. The van der Waals surface area contributed by atoms with Gasteiger partial charge in [-0.05, 0) is 26.0 Å². The van der Waals surface area contributed by atoms with Crippen LogP contribution in [0.1, 0.15) is 21.3 Å². The van der Waals surface area contributed by atoms with E-state index in [2.05, 4.69) is 45.1 Å². The minimum atomic E-state index is 0.811. The van der Waals surface area contributed by atoms with E-state index in [-0.39, 0.29) is 0 Å². The summed E-state index contributed by atoms with van der Waals surface area (Å²) in [6.45, 7) is 5.80. The number of aromatic nitrogens is 2. The zero-order valence-electron chi connectivity index (χ0n) is 13.1. The largest absolute Gasteiger partial charge is 0.364 e. The van der Waals surface area contributed by atoms with Crippen molar-refractivity contribution in [3.63, 3.8) is 0 Å². The molecule has 0 saturated heterocycles. The molecule has 0 atom stereocenters. The van der Waals surface area contributed by atoms with E-state index >= 15 is 0 Å². The quantitative estimate of drug-likeness (QED) is 0.658. The maximum absolute atomic E-state index is 4.46. The summed E-state index contributed by atoms with van der Waals surface area (Å²) < 4.78 is 0. The molecule has 0 radical (unpaired) electrons. The Morgan fingerprint density at radius 1 is 1.48 bits per heavy atom. The van der Waals surface area contributed by atoms with Crippen LogP contribution in [0.15, 0.2) is 23.3 Å². The molecule has 0 aromatic carbocycles. The summed E-state index contributed by atoms with van der Waals surface area (Å²) in [4.78, 5) is 15.5. The molecule has 2 rings (SSSR count). The smallest absolute Gasteiger partial charge is 0.193 e. The molecule has 0 saturated carbocycles. The highest BCUT2D eigenvalue weighted by molar-refractivity contribution is 7.11. The number of hydrogen-bond acceptors (Lipinski definition) is 3. The maximum Gasteiger partial charge on any atom is 0.193 e. The number of aromatic amines is 1. The van der Waals surface area contributed by atoms with Crippen LogP contribution < -0.4 is 5.32 Å². The predicted molar refractivity (Wildman–Crippen MR) is 88.9 cm³/mol. The molecule has 2 aromatic heterocycles. The van der Waals surface area contributed by atoms with E-state index in [4.69, 9.17) is 0 Å². The molecule has 6 heteroatoms. The van der Waals surface area contributed by atoms with Gasteiger partial charge in [-0.15, -0.1) is 11.3 Å². The number of rotatable bonds is 5. The Balaban J connectivity index is 1.84. The molecule has 0 spiro atoms. The van der Waals surface area contributed by atoms with Crippen LogP contribution in [0, 0.1) is 13.8 Å². The van der Waals surface area contributed by atoms with E-state index in [1.54, 1.807) is 11.3 Å². The van der Waals surface area contributed by atoms with Gasteiger partial charge in [-0.1, -0.05) is 0 Å². The Morgan fingerprint density at radius 2 is 2.29 bits per heavy atom. The first-order valence-corrected chi connectivity index (χ1v) is 7.88. The first kappa shape index (κ1) is 15.6. The first-order chi connectivity index (χ1) is 10.1. The number of nitrogens with one attached hydrogen (secondary N) is 2. The molecule has 0 unspecified atom stereocenters. The molecule has 114 valence electrons. The topological polar surface area (TPSA) is 56.3 Å². The van der Waals surface area contributed by atoms with Gasteiger partial charge in [0.25, 0.3) is 0 Å². The lowest BCUT2D eigenvalue weighted by Crippen LogP contribution is -2.39. The highest BCUT2D eigenvalue weighted by Crippen LogP contribution is 2.17. The van der Waals surface area contributed by atoms with E-state index in [1.807, 2.05) is 26.4 Å². The number of aliphatic imine (C=N–C) groups is 1. The number of H-pyrrole nitrogens is 1. The van der Waals surface area contributed by atoms with Crippen molar-refractivity contribution < 1.29 is 0 Å². The average Bonchev–Trinajstić information content (AvgIpc) is 3.05. The molecule has 5 nitrogen and oxygen atoms in total. The van der Waals surface area contributed by atoms with Crippen molar-refractivity contribution in [3.05, 3.63) is 39.6 Å². The molecule has 0 fully saturated rings. The zero-order valence-corrected chi connectivity index (χ0v) is 13.9. The Morgan fingerprint density at radius 3 is 2.86 bits per heavy atom. The lowest BCUT2D eigenvalue weighted by atomic mass is 10.3. The Kier molecular flexibility index (Phi) is 5.38. The van der Waals surface area contributed by atoms with Gasteiger partial charge in [0, 0.05) is 43.8 Å². The van der Waals surface area contributed by atoms with Gasteiger partial charge in [0.2, 0.25) is 0 Å². The molecule has 21 heavy (non-hydrogen) atoms. The fourth-order valence-electron chi connectivity index (χ4n) is 2.27. The second-order valence-electron chi connectivity index (χ2n) is 5.02. The van der Waals surface area contributed by atoms with Gasteiger partial charge in [-0.25, -0.2) is 4.98 Å². The van der Waals surface area contributed by atoms with Crippen LogP contribution in [0.25, 0.3) is 0 Å². The Hall–Kier alpha value is -1.82. The molecule has 0 amide bonds. The minimum Gasteiger partial charge on any atom is -0.364 e. The van der Waals surface area contributed by atoms with Gasteiger partial charge in [-0.2, -0.15) is 0 Å². The Bertz CT molecular complexity index is 585. The second-order valence-corrected chi connectivity index (χ2v) is 6.30. The minimum absolute atomic E-state index is 0.811. The molecular formula is C15H23N5S. The van der Waals surface area contributed by atoms with Gasteiger partial charge >= 0.3 is 0 Å². The summed E-state index contributed by atoms with van der Waals surface area (Å²) in [5.41, 5.74) is 2.32. The van der Waals surface area contributed by atoms with E-state index < -0.39 is 0 Å². The lowest BCUT2D eigenvalue weighted by Gasteiger charge is -2.21. The van der Waals surface area contributed by atoms with E-state index in [1.165, 1.54) is 10.6 Å². The van der Waals surface area contributed by atoms with Crippen molar-refractivity contribution >= 4 is 17.3 Å². The lowest BCUT2D eigenvalue weighted by molar-refractivity contribution is 0.471. The standard InChI is InChI=1S/C15H23N5S/c1-11-14(21-12(2)19-11)7-9-18-15(16-3)20(4)10-13-6-5-8-17-13/h5-6,8,17H,7,9-10H2,1-4H3,(H,16,18). The highest BCUT2D eigenvalue weighted by Gasteiger charge is 2.08. The maximum atomic E-state index is 4.46. The zero-order chi connectivity index (χ0) is 15.2. The summed E-state index contributed by atoms with van der Waals surface area (Å²) in [7, 11) is 3.86. The van der Waals surface area contributed by atoms with Crippen molar-refractivity contribution in [1.29, 1.82) is 0 Å². The van der Waals surface area contributed by atoms with Crippen molar-refractivity contribution in [2.24, 2.45) is 4.99 Å². The SMILES string of the molecule is CN=C(NCCc1sc(C)nc1C)N(C)Cc1ccc[nH]1. The van der Waals surface area contributed by atoms with Crippen LogP contribution in [-0.2, 0) is 13.0 Å². The summed E-state index contributed by atoms with van der Waals surface area (Å²) in [5.74, 6) is 0.906. The number of hydrogen-bond donors (Lipinski definition) is 2. The summed E-state index contributed by atoms with van der Waals surface area (Å²) in [6.07, 6.45) is 2.92. The van der Waals surface area contributed by atoms with Crippen LogP contribution in [-0.4, -0.2) is 41.5 Å². The fraction of sp³-hybridized carbons (Fsp3) is 0.467. The van der Waals surface area contributed by atoms with E-state index in [0.29, 0.717) is 0 Å². The van der Waals surface area contributed by atoms with Crippen molar-refractivity contribution in [2.45, 2.75) is 26.8 Å². The second kappa shape index (κ2) is 7.26. The molecule has 2 aromatic rings. The van der Waals surface area contributed by atoms with Crippen LogP contribution >= 0.6 is 11.3 Å². The van der Waals surface area contributed by atoms with Crippen molar-refractivity contribution in [2.75, 3.05) is 20.6 Å². The van der Waals surface area contributed by atoms with Gasteiger partial charge in [0.05, 0.1) is 17.2 Å². The normalized spacial score (nSPS) is 11.7. The molecule has 0 aliphatic heterocycles. The molecule has 0 aliphatic rings. The van der Waals surface area contributed by atoms with Gasteiger partial charge in [0.1, 0.15) is 0 Å². The van der Waals surface area contributed by atoms with Crippen LogP contribution in [0.2, 0.25) is 0 Å². The predicted octanol–water partition coefficient (Wildman–Crippen LogP) is 2.34. The van der Waals surface area contributed by atoms with Gasteiger partial charge in [0.15, 0.2) is 5.96 Å². The molecular weight excluding hydrogens is 282 g/mol. The van der Waals surface area contributed by atoms with Crippen molar-refractivity contribution in [3.8, 4) is 0 Å². The molecule has 2 N–H and O–H groups in total. The summed E-state index contributed by atoms with van der Waals surface area (Å²) >= 11 is 1.78. The molecule has 2 heterocycles. The monoisotopic (exact) mass is 305 g/mol. The van der Waals surface area contributed by atoms with E-state index in [0.717, 1.165) is 36.2 Å². The van der Waals surface area contributed by atoms with Crippen LogP contribution in [0.4, 0.5) is 0 Å². The van der Waals surface area contributed by atoms with Gasteiger partial charge < -0.3 is 15.2 Å². The third kappa shape index (κ3) is 4.32. The third-order valence-corrected chi connectivity index (χ3v) is 4.41. The first-order valence-electron chi connectivity index (χ1n) is 7.07. The Labute approximate surface area is 130 Å². The average molecular weight is 305 g/mol. The third-order valence-electron chi connectivity index (χ3n) is 3.28. The summed E-state index contributed by atoms with van der Waals surface area (Å²) in [6, 6.07) is 4.08.